The van der Waals surface area contributed by atoms with Crippen molar-refractivity contribution in [2.24, 2.45) is 5.92 Å². The van der Waals surface area contributed by atoms with E-state index in [0.29, 0.717) is 18.1 Å². The maximum atomic E-state index is 13.1. The van der Waals surface area contributed by atoms with Crippen molar-refractivity contribution in [3.05, 3.63) is 106 Å². The first-order valence-corrected chi connectivity index (χ1v) is 13.9. The second-order valence-electron chi connectivity index (χ2n) is 10.6. The minimum atomic E-state index is 0.306. The van der Waals surface area contributed by atoms with Crippen LogP contribution in [0.3, 0.4) is 0 Å². The van der Waals surface area contributed by atoms with Crippen LogP contribution in [0.5, 0.6) is 0 Å². The van der Waals surface area contributed by atoms with Gasteiger partial charge in [0.15, 0.2) is 5.78 Å². The molecule has 36 heavy (non-hydrogen) atoms. The van der Waals surface area contributed by atoms with Crippen molar-refractivity contribution in [3.63, 3.8) is 0 Å². The third-order valence-electron chi connectivity index (χ3n) is 7.90. The van der Waals surface area contributed by atoms with Crippen LogP contribution in [-0.2, 0) is 26.1 Å². The monoisotopic (exact) mass is 500 g/mol. The zero-order valence-corrected chi connectivity index (χ0v) is 21.9. The van der Waals surface area contributed by atoms with E-state index in [1.165, 1.54) is 41.5 Å². The lowest BCUT2D eigenvalue weighted by atomic mass is 9.89. The van der Waals surface area contributed by atoms with Crippen LogP contribution in [0.4, 0.5) is 0 Å². The standard InChI is InChI=1S/C32H37ClN2O/c33-31-13-8-27(9-14-31)22-34-19-16-25(17-20-34)10-15-32(36)29-12-11-28-7-4-18-35(24-30(28)21-29)23-26-5-2-1-3-6-26/h1-3,5-6,8-9,11-14,21,25H,4,7,10,15-20,22-24H2. The number of Topliss-reactive ketones (excluding diaryl/α,β-unsaturated/α-hetero) is 1. The molecule has 0 radical (unpaired) electrons. The van der Waals surface area contributed by atoms with Gasteiger partial charge in [0.25, 0.3) is 0 Å². The number of fused-ring (bicyclic) bond motifs is 1. The second-order valence-corrected chi connectivity index (χ2v) is 11.0. The van der Waals surface area contributed by atoms with Gasteiger partial charge < -0.3 is 0 Å². The highest BCUT2D eigenvalue weighted by Crippen LogP contribution is 2.26. The molecule has 0 bridgehead atoms. The lowest BCUT2D eigenvalue weighted by Gasteiger charge is -2.32. The molecule has 0 aliphatic carbocycles. The quantitative estimate of drug-likeness (QED) is 0.306. The van der Waals surface area contributed by atoms with Crippen molar-refractivity contribution in [2.75, 3.05) is 19.6 Å². The molecule has 2 aliphatic heterocycles. The first-order chi connectivity index (χ1) is 17.6. The lowest BCUT2D eigenvalue weighted by Crippen LogP contribution is -2.33. The van der Waals surface area contributed by atoms with Crippen LogP contribution in [0.15, 0.2) is 72.8 Å². The largest absolute Gasteiger partial charge is 0.299 e. The Morgan fingerprint density at radius 3 is 2.31 bits per heavy atom. The van der Waals surface area contributed by atoms with Crippen molar-refractivity contribution in [1.82, 2.24) is 9.80 Å². The Bertz CT molecular complexity index is 1140. The van der Waals surface area contributed by atoms with Crippen molar-refractivity contribution in [1.29, 1.82) is 0 Å². The minimum absolute atomic E-state index is 0.306. The van der Waals surface area contributed by atoms with Crippen LogP contribution in [0.1, 0.15) is 64.7 Å². The van der Waals surface area contributed by atoms with Crippen LogP contribution in [-0.4, -0.2) is 35.2 Å². The number of piperidine rings is 1. The van der Waals surface area contributed by atoms with Crippen LogP contribution >= 0.6 is 11.6 Å². The van der Waals surface area contributed by atoms with Gasteiger partial charge in [-0.15, -0.1) is 0 Å². The molecule has 0 amide bonds. The topological polar surface area (TPSA) is 23.6 Å². The van der Waals surface area contributed by atoms with Crippen LogP contribution in [0.2, 0.25) is 5.02 Å². The highest BCUT2D eigenvalue weighted by molar-refractivity contribution is 6.30. The Morgan fingerprint density at radius 1 is 0.806 bits per heavy atom. The zero-order chi connectivity index (χ0) is 24.7. The minimum Gasteiger partial charge on any atom is -0.299 e. The molecule has 1 fully saturated rings. The van der Waals surface area contributed by atoms with Gasteiger partial charge in [-0.05, 0) is 98.1 Å². The predicted molar refractivity (Wildman–Crippen MR) is 148 cm³/mol. The summed E-state index contributed by atoms with van der Waals surface area (Å²) in [5.74, 6) is 0.956. The SMILES string of the molecule is O=C(CCC1CCN(Cc2ccc(Cl)cc2)CC1)c1ccc2c(c1)CN(Cc1ccccc1)CCC2. The Morgan fingerprint density at radius 2 is 1.53 bits per heavy atom. The molecule has 0 saturated carbocycles. The van der Waals surface area contributed by atoms with E-state index in [4.69, 9.17) is 11.6 Å². The summed E-state index contributed by atoms with van der Waals surface area (Å²) in [5, 5.41) is 0.793. The van der Waals surface area contributed by atoms with Gasteiger partial charge in [0.2, 0.25) is 0 Å². The molecular formula is C32H37ClN2O. The van der Waals surface area contributed by atoms with Gasteiger partial charge in [0.1, 0.15) is 0 Å². The molecule has 0 spiro atoms. The fourth-order valence-electron chi connectivity index (χ4n) is 5.74. The summed E-state index contributed by atoms with van der Waals surface area (Å²) >= 11 is 6.01. The number of carbonyl (C=O) groups is 1. The van der Waals surface area contributed by atoms with Crippen molar-refractivity contribution in [3.8, 4) is 0 Å². The third-order valence-corrected chi connectivity index (χ3v) is 8.15. The van der Waals surface area contributed by atoms with Gasteiger partial charge >= 0.3 is 0 Å². The van der Waals surface area contributed by atoms with E-state index in [1.54, 1.807) is 0 Å². The number of likely N-dealkylation sites (tertiary alicyclic amines) is 1. The van der Waals surface area contributed by atoms with Gasteiger partial charge in [-0.25, -0.2) is 0 Å². The molecule has 2 aliphatic rings. The van der Waals surface area contributed by atoms with Gasteiger partial charge in [-0.2, -0.15) is 0 Å². The zero-order valence-electron chi connectivity index (χ0n) is 21.2. The van der Waals surface area contributed by atoms with E-state index in [1.807, 2.05) is 12.1 Å². The van der Waals surface area contributed by atoms with E-state index in [9.17, 15) is 4.79 Å². The van der Waals surface area contributed by atoms with Crippen LogP contribution < -0.4 is 0 Å². The highest BCUT2D eigenvalue weighted by atomic mass is 35.5. The maximum absolute atomic E-state index is 13.1. The molecular weight excluding hydrogens is 464 g/mol. The predicted octanol–water partition coefficient (Wildman–Crippen LogP) is 7.16. The summed E-state index contributed by atoms with van der Waals surface area (Å²) in [6.07, 6.45) is 6.30. The molecule has 4 heteroatoms. The Hall–Kier alpha value is -2.46. The van der Waals surface area contributed by atoms with Crippen LogP contribution in [0.25, 0.3) is 0 Å². The summed E-state index contributed by atoms with van der Waals surface area (Å²) in [7, 11) is 0. The molecule has 2 heterocycles. The average Bonchev–Trinajstić information content (AvgIpc) is 3.11. The first kappa shape index (κ1) is 25.2. The van der Waals surface area contributed by atoms with E-state index >= 15 is 0 Å². The number of hydrogen-bond acceptors (Lipinski definition) is 3. The van der Waals surface area contributed by atoms with Crippen molar-refractivity contribution in [2.45, 2.75) is 58.2 Å². The molecule has 3 aromatic carbocycles. The number of carbonyl (C=O) groups excluding carboxylic acids is 1. The fourth-order valence-corrected chi connectivity index (χ4v) is 5.87. The smallest absolute Gasteiger partial charge is 0.162 e. The number of halogens is 1. The Balaban J connectivity index is 1.11. The summed E-state index contributed by atoms with van der Waals surface area (Å²) in [6, 6.07) is 25.4. The number of nitrogens with zero attached hydrogens (tertiary/aromatic N) is 2. The number of benzene rings is 3. The molecule has 0 atom stereocenters. The number of ketones is 1. The number of aryl methyl sites for hydroxylation is 1. The molecule has 1 saturated heterocycles. The molecule has 188 valence electrons. The average molecular weight is 501 g/mol. The Labute approximate surface area is 221 Å². The van der Waals surface area contributed by atoms with E-state index in [2.05, 4.69) is 70.5 Å². The van der Waals surface area contributed by atoms with Crippen molar-refractivity contribution >= 4 is 17.4 Å². The molecule has 3 aromatic rings. The summed E-state index contributed by atoms with van der Waals surface area (Å²) in [6.45, 7) is 6.20. The van der Waals surface area contributed by atoms with Gasteiger partial charge in [-0.3, -0.25) is 14.6 Å². The molecule has 5 rings (SSSR count). The summed E-state index contributed by atoms with van der Waals surface area (Å²) < 4.78 is 0. The molecule has 0 aromatic heterocycles. The third kappa shape index (κ3) is 6.85. The van der Waals surface area contributed by atoms with Gasteiger partial charge in [0, 0.05) is 36.6 Å². The van der Waals surface area contributed by atoms with E-state index in [0.717, 1.165) is 62.7 Å². The number of hydrogen-bond donors (Lipinski definition) is 0. The lowest BCUT2D eigenvalue weighted by molar-refractivity contribution is 0.0961. The maximum Gasteiger partial charge on any atom is 0.162 e. The van der Waals surface area contributed by atoms with Gasteiger partial charge in [-0.1, -0.05) is 66.2 Å². The summed E-state index contributed by atoms with van der Waals surface area (Å²) in [4.78, 5) is 18.2. The normalized spacial score (nSPS) is 17.5. The molecule has 0 N–H and O–H groups in total. The van der Waals surface area contributed by atoms with Crippen LogP contribution in [0, 0.1) is 5.92 Å². The summed E-state index contributed by atoms with van der Waals surface area (Å²) in [5.41, 5.74) is 6.32. The number of rotatable bonds is 8. The van der Waals surface area contributed by atoms with E-state index < -0.39 is 0 Å². The van der Waals surface area contributed by atoms with Gasteiger partial charge in [0.05, 0.1) is 0 Å². The first-order valence-electron chi connectivity index (χ1n) is 13.5. The second kappa shape index (κ2) is 12.2. The Kier molecular flexibility index (Phi) is 8.53. The van der Waals surface area contributed by atoms with E-state index in [-0.39, 0.29) is 0 Å². The van der Waals surface area contributed by atoms with Crippen molar-refractivity contribution < 1.29 is 4.79 Å². The fraction of sp³-hybridized carbons (Fsp3) is 0.406. The molecule has 0 unspecified atom stereocenters. The highest BCUT2D eigenvalue weighted by Gasteiger charge is 2.21. The molecule has 3 nitrogen and oxygen atoms in total.